The van der Waals surface area contributed by atoms with Crippen molar-refractivity contribution in [1.29, 1.82) is 0 Å². The lowest BCUT2D eigenvalue weighted by Crippen LogP contribution is -1.72. The van der Waals surface area contributed by atoms with Crippen molar-refractivity contribution in [3.8, 4) is 0 Å². The summed E-state index contributed by atoms with van der Waals surface area (Å²) in [5.41, 5.74) is 1.38. The summed E-state index contributed by atoms with van der Waals surface area (Å²) in [5, 5.41) is 2.90. The molecule has 0 amide bonds. The fraction of sp³-hybridized carbons (Fsp3) is 0.375. The van der Waals surface area contributed by atoms with Crippen LogP contribution in [0.4, 0.5) is 0 Å². The lowest BCUT2D eigenvalue weighted by Gasteiger charge is -1.96. The Balaban J connectivity index is 3.17. The first-order chi connectivity index (χ1) is 4.18. The first-order valence-corrected chi connectivity index (χ1v) is 4.00. The predicted octanol–water partition coefficient (Wildman–Crippen LogP) is 3.19. The summed E-state index contributed by atoms with van der Waals surface area (Å²) in [4.78, 5) is 0. The predicted molar refractivity (Wildman–Crippen MR) is 43.2 cm³/mol. The molecule has 1 aromatic heterocycles. The van der Waals surface area contributed by atoms with Gasteiger partial charge in [-0.1, -0.05) is 20.3 Å². The third-order valence-corrected chi connectivity index (χ3v) is 2.19. The van der Waals surface area contributed by atoms with E-state index in [4.69, 9.17) is 0 Å². The van der Waals surface area contributed by atoms with Crippen molar-refractivity contribution < 1.29 is 0 Å². The smallest absolute Gasteiger partial charge is 0.0232 e. The van der Waals surface area contributed by atoms with Crippen LogP contribution in [0.1, 0.15) is 16.2 Å². The number of rotatable bonds is 0. The molecule has 0 aliphatic carbocycles. The molecule has 1 rings (SSSR count). The molecule has 0 bridgehead atoms. The van der Waals surface area contributed by atoms with Crippen molar-refractivity contribution in [3.63, 3.8) is 0 Å². The second kappa shape index (κ2) is 2.49. The van der Waals surface area contributed by atoms with Gasteiger partial charge in [0.1, 0.15) is 0 Å². The average molecular weight is 138 g/mol. The summed E-state index contributed by atoms with van der Waals surface area (Å²) in [6.45, 7) is 6.48. The van der Waals surface area contributed by atoms with Crippen molar-refractivity contribution in [1.82, 2.24) is 0 Å². The van der Waals surface area contributed by atoms with E-state index in [9.17, 15) is 0 Å². The van der Waals surface area contributed by atoms with E-state index in [1.807, 2.05) is 0 Å². The molecule has 0 nitrogen and oxygen atoms in total. The van der Waals surface area contributed by atoms with Crippen LogP contribution in [-0.2, 0) is 0 Å². The van der Waals surface area contributed by atoms with Gasteiger partial charge in [0.15, 0.2) is 0 Å². The Morgan fingerprint density at radius 1 is 1.00 bits per heavy atom. The third kappa shape index (κ3) is 1.80. The summed E-state index contributed by atoms with van der Waals surface area (Å²) in [5.74, 6) is 0. The third-order valence-electron chi connectivity index (χ3n) is 1.23. The molecule has 0 atom stereocenters. The van der Waals surface area contributed by atoms with E-state index in [-0.39, 0.29) is 0 Å². The van der Waals surface area contributed by atoms with Crippen LogP contribution in [-0.4, -0.2) is 0 Å². The molecular weight excluding hydrogens is 127 g/mol. The molecule has 1 heteroatoms. The minimum Gasteiger partial charge on any atom is -0.0700 e. The molecule has 1 aromatic rings. The van der Waals surface area contributed by atoms with E-state index in [2.05, 4.69) is 32.9 Å². The Bertz CT molecular complexity index is 165. The Morgan fingerprint density at radius 3 is 1.78 bits per heavy atom. The van der Waals surface area contributed by atoms with Gasteiger partial charge in [-0.3, -0.25) is 0 Å². The maximum Gasteiger partial charge on any atom is -0.0232 e. The molecule has 0 fully saturated rings. The van der Waals surface area contributed by atoms with E-state index in [0.717, 1.165) is 0 Å². The van der Waals surface area contributed by atoms with Crippen molar-refractivity contribution >= 4 is 8.19 Å². The SMILES string of the molecule is Cc1cc(C)pc(C)c1. The van der Waals surface area contributed by atoms with Gasteiger partial charge in [0.25, 0.3) is 0 Å². The van der Waals surface area contributed by atoms with Crippen LogP contribution in [0.2, 0.25) is 0 Å². The molecule has 1 heterocycles. The molecule has 0 saturated carbocycles. The molecule has 9 heavy (non-hydrogen) atoms. The van der Waals surface area contributed by atoms with Gasteiger partial charge in [0.2, 0.25) is 0 Å². The lowest BCUT2D eigenvalue weighted by atomic mass is 10.3. The van der Waals surface area contributed by atoms with Crippen molar-refractivity contribution in [2.75, 3.05) is 0 Å². The van der Waals surface area contributed by atoms with E-state index in [1.54, 1.807) is 0 Å². The second-order valence-electron chi connectivity index (χ2n) is 2.43. The van der Waals surface area contributed by atoms with Crippen LogP contribution in [0.3, 0.4) is 0 Å². The highest BCUT2D eigenvalue weighted by atomic mass is 31.0. The average Bonchev–Trinajstić information content (AvgIpc) is 1.59. The maximum absolute atomic E-state index is 2.23. The molecule has 0 saturated heterocycles. The molecule has 0 aliphatic rings. The lowest BCUT2D eigenvalue weighted by molar-refractivity contribution is 1.42. The quantitative estimate of drug-likeness (QED) is 0.516. The zero-order valence-electron chi connectivity index (χ0n) is 6.10. The van der Waals surface area contributed by atoms with Gasteiger partial charge in [-0.2, -0.15) is 0 Å². The molecule has 0 aliphatic heterocycles. The van der Waals surface area contributed by atoms with E-state index in [0.29, 0.717) is 0 Å². The van der Waals surface area contributed by atoms with Crippen molar-refractivity contribution in [2.24, 2.45) is 0 Å². The first-order valence-electron chi connectivity index (χ1n) is 3.10. The number of hydrogen-bond acceptors (Lipinski definition) is 0. The summed E-state index contributed by atoms with van der Waals surface area (Å²) in [6.07, 6.45) is 0. The van der Waals surface area contributed by atoms with Crippen LogP contribution in [0.5, 0.6) is 0 Å². The summed E-state index contributed by atoms with van der Waals surface area (Å²) in [6, 6.07) is 4.46. The Labute approximate surface area is 58.0 Å². The zero-order chi connectivity index (χ0) is 6.85. The van der Waals surface area contributed by atoms with Crippen LogP contribution >= 0.6 is 8.19 Å². The van der Waals surface area contributed by atoms with Gasteiger partial charge in [-0.15, -0.1) is 0 Å². The number of hydrogen-bond donors (Lipinski definition) is 0. The molecule has 0 radical (unpaired) electrons. The van der Waals surface area contributed by atoms with Crippen LogP contribution in [0.15, 0.2) is 12.1 Å². The fourth-order valence-corrected chi connectivity index (χ4v) is 2.14. The van der Waals surface area contributed by atoms with Gasteiger partial charge < -0.3 is 0 Å². The van der Waals surface area contributed by atoms with Gasteiger partial charge in [0, 0.05) is 0 Å². The summed E-state index contributed by atoms with van der Waals surface area (Å²) < 4.78 is 0. The van der Waals surface area contributed by atoms with E-state index in [1.165, 1.54) is 24.3 Å². The fourth-order valence-electron chi connectivity index (χ4n) is 1.04. The number of aryl methyl sites for hydroxylation is 3. The highest BCUT2D eigenvalue weighted by Crippen LogP contribution is 2.19. The molecule has 0 spiro atoms. The highest BCUT2D eigenvalue weighted by molar-refractivity contribution is 7.31. The van der Waals surface area contributed by atoms with E-state index >= 15 is 0 Å². The Morgan fingerprint density at radius 2 is 1.44 bits per heavy atom. The van der Waals surface area contributed by atoms with Crippen LogP contribution in [0.25, 0.3) is 0 Å². The first kappa shape index (κ1) is 6.77. The van der Waals surface area contributed by atoms with Gasteiger partial charge >= 0.3 is 0 Å². The monoisotopic (exact) mass is 138 g/mol. The molecule has 48 valence electrons. The summed E-state index contributed by atoms with van der Waals surface area (Å²) >= 11 is 0. The van der Waals surface area contributed by atoms with Crippen LogP contribution in [0, 0.1) is 20.8 Å². The van der Waals surface area contributed by atoms with Crippen LogP contribution < -0.4 is 0 Å². The Kier molecular flexibility index (Phi) is 1.87. The second-order valence-corrected chi connectivity index (χ2v) is 4.06. The molecule has 0 unspecified atom stereocenters. The van der Waals surface area contributed by atoms with Gasteiger partial charge in [0.05, 0.1) is 0 Å². The molecule has 0 aromatic carbocycles. The van der Waals surface area contributed by atoms with Gasteiger partial charge in [-0.05, 0) is 36.9 Å². The van der Waals surface area contributed by atoms with Crippen molar-refractivity contribution in [3.05, 3.63) is 28.3 Å². The van der Waals surface area contributed by atoms with E-state index < -0.39 is 0 Å². The topological polar surface area (TPSA) is 0 Å². The largest absolute Gasteiger partial charge is 0.0700 e. The zero-order valence-corrected chi connectivity index (χ0v) is 7.00. The molecular formula is C8H11P. The minimum atomic E-state index is 1.38. The van der Waals surface area contributed by atoms with Gasteiger partial charge in [-0.25, -0.2) is 0 Å². The van der Waals surface area contributed by atoms with Crippen molar-refractivity contribution in [2.45, 2.75) is 20.8 Å². The normalized spacial score (nSPS) is 9.67. The maximum atomic E-state index is 2.23. The Hall–Kier alpha value is -0.350. The molecule has 0 N–H and O–H groups in total. The highest BCUT2D eigenvalue weighted by Gasteiger charge is 1.88. The minimum absolute atomic E-state index is 1.38. The standard InChI is InChI=1S/C8H11P/c1-6-4-7(2)9-8(3)5-6/h4-5H,1-3H3. The summed E-state index contributed by atoms with van der Waals surface area (Å²) in [7, 11) is 1.39.